The fourth-order valence-electron chi connectivity index (χ4n) is 1.49. The van der Waals surface area contributed by atoms with Gasteiger partial charge in [0.05, 0.1) is 18.3 Å². The van der Waals surface area contributed by atoms with E-state index in [1.807, 2.05) is 6.92 Å². The van der Waals surface area contributed by atoms with Crippen LogP contribution in [-0.4, -0.2) is 17.6 Å². The fraction of sp³-hybridized carbons (Fsp3) is 0.273. The molecule has 0 unspecified atom stereocenters. The second-order valence-electron chi connectivity index (χ2n) is 3.17. The van der Waals surface area contributed by atoms with Crippen LogP contribution in [0.5, 0.6) is 0 Å². The van der Waals surface area contributed by atoms with E-state index in [1.54, 1.807) is 19.3 Å². The minimum atomic E-state index is -0.410. The Kier molecular flexibility index (Phi) is 2.41. The molecule has 0 fully saturated rings. The lowest BCUT2D eigenvalue weighted by Gasteiger charge is -2.01. The SMILES string of the molecule is CCOC(=O)c1nccc2occ(C)c12. The van der Waals surface area contributed by atoms with Gasteiger partial charge in [0.2, 0.25) is 0 Å². The Labute approximate surface area is 86.9 Å². The van der Waals surface area contributed by atoms with Crippen LogP contribution in [0.4, 0.5) is 0 Å². The normalized spacial score (nSPS) is 10.5. The van der Waals surface area contributed by atoms with E-state index in [4.69, 9.17) is 9.15 Å². The van der Waals surface area contributed by atoms with E-state index in [0.717, 1.165) is 10.9 Å². The van der Waals surface area contributed by atoms with Crippen molar-refractivity contribution in [3.8, 4) is 0 Å². The summed E-state index contributed by atoms with van der Waals surface area (Å²) in [4.78, 5) is 15.6. The van der Waals surface area contributed by atoms with E-state index >= 15 is 0 Å². The summed E-state index contributed by atoms with van der Waals surface area (Å²) in [5.74, 6) is -0.410. The molecule has 0 saturated carbocycles. The van der Waals surface area contributed by atoms with Gasteiger partial charge in [-0.1, -0.05) is 0 Å². The summed E-state index contributed by atoms with van der Waals surface area (Å²) in [5.41, 5.74) is 1.87. The fourth-order valence-corrected chi connectivity index (χ4v) is 1.49. The smallest absolute Gasteiger partial charge is 0.357 e. The molecule has 0 bridgehead atoms. The highest BCUT2D eigenvalue weighted by Crippen LogP contribution is 2.23. The number of furan rings is 1. The molecule has 0 aromatic carbocycles. The Morgan fingerprint density at radius 1 is 1.60 bits per heavy atom. The van der Waals surface area contributed by atoms with Crippen LogP contribution in [0, 0.1) is 6.92 Å². The highest BCUT2D eigenvalue weighted by molar-refractivity contribution is 6.02. The van der Waals surface area contributed by atoms with Gasteiger partial charge in [0.15, 0.2) is 5.69 Å². The lowest BCUT2D eigenvalue weighted by atomic mass is 10.2. The summed E-state index contributed by atoms with van der Waals surface area (Å²) in [6, 6.07) is 1.73. The summed E-state index contributed by atoms with van der Waals surface area (Å²) in [5, 5.41) is 0.732. The van der Waals surface area contributed by atoms with Crippen molar-refractivity contribution in [3.05, 3.63) is 29.8 Å². The van der Waals surface area contributed by atoms with Gasteiger partial charge >= 0.3 is 5.97 Å². The average Bonchev–Trinajstić information content (AvgIpc) is 2.61. The second-order valence-corrected chi connectivity index (χ2v) is 3.17. The first kappa shape index (κ1) is 9.71. The van der Waals surface area contributed by atoms with Crippen LogP contribution in [-0.2, 0) is 4.74 Å². The number of esters is 1. The maximum absolute atomic E-state index is 11.6. The minimum Gasteiger partial charge on any atom is -0.464 e. The highest BCUT2D eigenvalue weighted by atomic mass is 16.5. The van der Waals surface area contributed by atoms with E-state index in [9.17, 15) is 4.79 Å². The molecular weight excluding hydrogens is 194 g/mol. The van der Waals surface area contributed by atoms with E-state index in [0.29, 0.717) is 17.9 Å². The third-order valence-electron chi connectivity index (χ3n) is 2.14. The highest BCUT2D eigenvalue weighted by Gasteiger charge is 2.16. The molecule has 2 aromatic heterocycles. The predicted molar refractivity (Wildman–Crippen MR) is 54.7 cm³/mol. The number of fused-ring (bicyclic) bond motifs is 1. The van der Waals surface area contributed by atoms with Gasteiger partial charge in [-0.05, 0) is 25.5 Å². The van der Waals surface area contributed by atoms with Gasteiger partial charge in [0, 0.05) is 6.20 Å². The van der Waals surface area contributed by atoms with Crippen LogP contribution < -0.4 is 0 Å². The number of rotatable bonds is 2. The Bertz CT molecular complexity index is 502. The van der Waals surface area contributed by atoms with Gasteiger partial charge in [-0.3, -0.25) is 0 Å². The van der Waals surface area contributed by atoms with Crippen molar-refractivity contribution in [2.24, 2.45) is 0 Å². The molecule has 15 heavy (non-hydrogen) atoms. The molecule has 0 atom stereocenters. The molecule has 0 N–H and O–H groups in total. The average molecular weight is 205 g/mol. The first-order chi connectivity index (χ1) is 7.24. The van der Waals surface area contributed by atoms with Crippen molar-refractivity contribution in [3.63, 3.8) is 0 Å². The minimum absolute atomic E-state index is 0.320. The lowest BCUT2D eigenvalue weighted by Crippen LogP contribution is -2.07. The molecular formula is C11H11NO3. The summed E-state index contributed by atoms with van der Waals surface area (Å²) >= 11 is 0. The quantitative estimate of drug-likeness (QED) is 0.706. The third kappa shape index (κ3) is 1.58. The molecule has 0 aliphatic heterocycles. The van der Waals surface area contributed by atoms with E-state index in [1.165, 1.54) is 6.20 Å². The summed E-state index contributed by atoms with van der Waals surface area (Å²) < 4.78 is 10.2. The zero-order valence-electron chi connectivity index (χ0n) is 8.61. The van der Waals surface area contributed by atoms with Gasteiger partial charge in [-0.15, -0.1) is 0 Å². The molecule has 0 aliphatic carbocycles. The number of pyridine rings is 1. The predicted octanol–water partition coefficient (Wildman–Crippen LogP) is 2.31. The number of carbonyl (C=O) groups is 1. The van der Waals surface area contributed by atoms with Crippen LogP contribution in [0.3, 0.4) is 0 Å². The summed E-state index contributed by atoms with van der Waals surface area (Å²) in [6.45, 7) is 3.98. The molecule has 2 rings (SSSR count). The monoisotopic (exact) mass is 205 g/mol. The van der Waals surface area contributed by atoms with Crippen molar-refractivity contribution in [1.82, 2.24) is 4.98 Å². The van der Waals surface area contributed by atoms with Crippen LogP contribution in [0.25, 0.3) is 11.0 Å². The van der Waals surface area contributed by atoms with Crippen molar-refractivity contribution in [1.29, 1.82) is 0 Å². The van der Waals surface area contributed by atoms with Crippen LogP contribution in [0.15, 0.2) is 22.9 Å². The molecule has 0 radical (unpaired) electrons. The van der Waals surface area contributed by atoms with Crippen molar-refractivity contribution < 1.29 is 13.9 Å². The maximum Gasteiger partial charge on any atom is 0.357 e. The molecule has 4 heteroatoms. The first-order valence-corrected chi connectivity index (χ1v) is 4.74. The van der Waals surface area contributed by atoms with Crippen LogP contribution in [0.1, 0.15) is 23.0 Å². The number of nitrogens with zero attached hydrogens (tertiary/aromatic N) is 1. The molecule has 2 heterocycles. The number of hydrogen-bond donors (Lipinski definition) is 0. The number of carbonyl (C=O) groups excluding carboxylic acids is 1. The van der Waals surface area contributed by atoms with Gasteiger partial charge in [0.1, 0.15) is 5.58 Å². The maximum atomic E-state index is 11.6. The zero-order valence-corrected chi connectivity index (χ0v) is 8.61. The van der Waals surface area contributed by atoms with Crippen LogP contribution >= 0.6 is 0 Å². The molecule has 0 spiro atoms. The van der Waals surface area contributed by atoms with Crippen molar-refractivity contribution in [2.75, 3.05) is 6.61 Å². The van der Waals surface area contributed by atoms with Crippen molar-refractivity contribution >= 4 is 16.9 Å². The van der Waals surface area contributed by atoms with Gasteiger partial charge < -0.3 is 9.15 Å². The topological polar surface area (TPSA) is 52.3 Å². The second kappa shape index (κ2) is 3.73. The lowest BCUT2D eigenvalue weighted by molar-refractivity contribution is 0.0522. The Morgan fingerprint density at radius 2 is 2.40 bits per heavy atom. The standard InChI is InChI=1S/C11H11NO3/c1-3-14-11(13)10-9-7(2)6-15-8(9)4-5-12-10/h4-6H,3H2,1-2H3. The number of hydrogen-bond acceptors (Lipinski definition) is 4. The Hall–Kier alpha value is -1.84. The molecule has 0 aliphatic rings. The van der Waals surface area contributed by atoms with Gasteiger partial charge in [-0.2, -0.15) is 0 Å². The molecule has 4 nitrogen and oxygen atoms in total. The van der Waals surface area contributed by atoms with Crippen molar-refractivity contribution in [2.45, 2.75) is 13.8 Å². The van der Waals surface area contributed by atoms with Crippen LogP contribution in [0.2, 0.25) is 0 Å². The van der Waals surface area contributed by atoms with E-state index in [-0.39, 0.29) is 0 Å². The summed E-state index contributed by atoms with van der Waals surface area (Å²) in [6.07, 6.45) is 3.15. The van der Waals surface area contributed by atoms with E-state index in [2.05, 4.69) is 4.98 Å². The Balaban J connectivity index is 2.59. The number of ether oxygens (including phenoxy) is 1. The summed E-state index contributed by atoms with van der Waals surface area (Å²) in [7, 11) is 0. The molecule has 78 valence electrons. The Morgan fingerprint density at radius 3 is 3.13 bits per heavy atom. The van der Waals surface area contributed by atoms with Gasteiger partial charge in [-0.25, -0.2) is 9.78 Å². The third-order valence-corrected chi connectivity index (χ3v) is 2.14. The molecule has 2 aromatic rings. The van der Waals surface area contributed by atoms with Gasteiger partial charge in [0.25, 0.3) is 0 Å². The number of aromatic nitrogens is 1. The largest absolute Gasteiger partial charge is 0.464 e. The zero-order chi connectivity index (χ0) is 10.8. The first-order valence-electron chi connectivity index (χ1n) is 4.74. The van der Waals surface area contributed by atoms with E-state index < -0.39 is 5.97 Å². The molecule has 0 saturated heterocycles. The number of aryl methyl sites for hydroxylation is 1. The molecule has 0 amide bonds.